The number of amides is 1. The standard InChI is InChI=1S/C18H23NO3/c1-12(17(20)19-18(2,3)4)22-16-9-7-13-6-8-15(21-5)10-14(13)11-16/h6-12H,1-5H3,(H,19,20)/t12-/m1/s1. The molecule has 4 nitrogen and oxygen atoms in total. The van der Waals surface area contributed by atoms with Crippen LogP contribution >= 0.6 is 0 Å². The number of rotatable bonds is 4. The van der Waals surface area contributed by atoms with E-state index in [4.69, 9.17) is 9.47 Å². The van der Waals surface area contributed by atoms with Crippen LogP contribution < -0.4 is 14.8 Å². The zero-order valence-electron chi connectivity index (χ0n) is 13.8. The lowest BCUT2D eigenvalue weighted by Gasteiger charge is -2.23. The van der Waals surface area contributed by atoms with Gasteiger partial charge in [-0.1, -0.05) is 12.1 Å². The maximum absolute atomic E-state index is 12.1. The summed E-state index contributed by atoms with van der Waals surface area (Å²) in [5.74, 6) is 1.33. The molecular formula is C18H23NO3. The molecule has 118 valence electrons. The Bertz CT molecular complexity index is 674. The Morgan fingerprint density at radius 1 is 1.05 bits per heavy atom. The molecule has 22 heavy (non-hydrogen) atoms. The van der Waals surface area contributed by atoms with E-state index in [1.54, 1.807) is 14.0 Å². The van der Waals surface area contributed by atoms with Crippen molar-refractivity contribution in [3.05, 3.63) is 36.4 Å². The topological polar surface area (TPSA) is 47.6 Å². The second kappa shape index (κ2) is 6.26. The van der Waals surface area contributed by atoms with Crippen molar-refractivity contribution in [2.24, 2.45) is 0 Å². The van der Waals surface area contributed by atoms with Gasteiger partial charge < -0.3 is 14.8 Å². The quantitative estimate of drug-likeness (QED) is 0.939. The third-order valence-electron chi connectivity index (χ3n) is 3.20. The van der Waals surface area contributed by atoms with E-state index in [-0.39, 0.29) is 11.4 Å². The summed E-state index contributed by atoms with van der Waals surface area (Å²) in [6.45, 7) is 7.58. The van der Waals surface area contributed by atoms with Gasteiger partial charge in [-0.2, -0.15) is 0 Å². The number of nitrogens with one attached hydrogen (secondary N) is 1. The molecule has 0 unspecified atom stereocenters. The number of benzene rings is 2. The van der Waals surface area contributed by atoms with E-state index < -0.39 is 6.10 Å². The highest BCUT2D eigenvalue weighted by molar-refractivity contribution is 5.85. The Morgan fingerprint density at radius 3 is 2.23 bits per heavy atom. The van der Waals surface area contributed by atoms with Crippen LogP contribution in [-0.2, 0) is 4.79 Å². The molecular weight excluding hydrogens is 278 g/mol. The first-order valence-corrected chi connectivity index (χ1v) is 7.35. The molecule has 0 saturated heterocycles. The molecule has 2 aromatic rings. The smallest absolute Gasteiger partial charge is 0.261 e. The molecule has 1 N–H and O–H groups in total. The summed E-state index contributed by atoms with van der Waals surface area (Å²) in [5.41, 5.74) is -0.272. The minimum absolute atomic E-state index is 0.127. The maximum Gasteiger partial charge on any atom is 0.261 e. The monoisotopic (exact) mass is 301 g/mol. The lowest BCUT2D eigenvalue weighted by Crippen LogP contribution is -2.46. The molecule has 0 aliphatic heterocycles. The summed E-state index contributed by atoms with van der Waals surface area (Å²) in [6.07, 6.45) is -0.553. The van der Waals surface area contributed by atoms with Gasteiger partial charge in [0.25, 0.3) is 5.91 Å². The van der Waals surface area contributed by atoms with Gasteiger partial charge in [0, 0.05) is 5.54 Å². The number of carbonyl (C=O) groups excluding carboxylic acids is 1. The highest BCUT2D eigenvalue weighted by atomic mass is 16.5. The number of fused-ring (bicyclic) bond motifs is 1. The summed E-state index contributed by atoms with van der Waals surface area (Å²) in [6, 6.07) is 11.6. The van der Waals surface area contributed by atoms with E-state index >= 15 is 0 Å². The van der Waals surface area contributed by atoms with Gasteiger partial charge in [0.2, 0.25) is 0 Å². The number of methoxy groups -OCH3 is 1. The minimum Gasteiger partial charge on any atom is -0.497 e. The van der Waals surface area contributed by atoms with Gasteiger partial charge in [0.05, 0.1) is 7.11 Å². The number of hydrogen-bond donors (Lipinski definition) is 1. The van der Waals surface area contributed by atoms with Gasteiger partial charge in [-0.05, 0) is 62.7 Å². The van der Waals surface area contributed by atoms with E-state index in [0.29, 0.717) is 5.75 Å². The van der Waals surface area contributed by atoms with Gasteiger partial charge in [0.15, 0.2) is 6.10 Å². The van der Waals surface area contributed by atoms with Crippen LogP contribution in [0, 0.1) is 0 Å². The van der Waals surface area contributed by atoms with Crippen molar-refractivity contribution in [1.29, 1.82) is 0 Å². The van der Waals surface area contributed by atoms with Gasteiger partial charge in [-0.3, -0.25) is 4.79 Å². The molecule has 1 amide bonds. The second-order valence-electron chi connectivity index (χ2n) is 6.37. The lowest BCUT2D eigenvalue weighted by atomic mass is 10.1. The zero-order valence-corrected chi connectivity index (χ0v) is 13.8. The zero-order chi connectivity index (χ0) is 16.3. The molecule has 0 aliphatic rings. The second-order valence-corrected chi connectivity index (χ2v) is 6.37. The van der Waals surface area contributed by atoms with Crippen LogP contribution in [-0.4, -0.2) is 24.7 Å². The predicted octanol–water partition coefficient (Wildman–Crippen LogP) is 3.53. The fraction of sp³-hybridized carbons (Fsp3) is 0.389. The molecule has 0 aromatic heterocycles. The molecule has 2 aromatic carbocycles. The molecule has 0 heterocycles. The van der Waals surface area contributed by atoms with Crippen molar-refractivity contribution in [3.63, 3.8) is 0 Å². The third-order valence-corrected chi connectivity index (χ3v) is 3.20. The van der Waals surface area contributed by atoms with E-state index in [9.17, 15) is 4.79 Å². The molecule has 1 atom stereocenters. The largest absolute Gasteiger partial charge is 0.497 e. The Morgan fingerprint density at radius 2 is 1.64 bits per heavy atom. The van der Waals surface area contributed by atoms with E-state index in [1.165, 1.54) is 0 Å². The molecule has 2 rings (SSSR count). The highest BCUT2D eigenvalue weighted by Crippen LogP contribution is 2.25. The first kappa shape index (κ1) is 16.1. The van der Waals surface area contributed by atoms with Gasteiger partial charge in [-0.25, -0.2) is 0 Å². The van der Waals surface area contributed by atoms with Crippen molar-refractivity contribution < 1.29 is 14.3 Å². The van der Waals surface area contributed by atoms with Crippen LogP contribution in [0.15, 0.2) is 36.4 Å². The highest BCUT2D eigenvalue weighted by Gasteiger charge is 2.20. The Kier molecular flexibility index (Phi) is 4.59. The predicted molar refractivity (Wildman–Crippen MR) is 88.5 cm³/mol. The molecule has 0 aliphatic carbocycles. The number of hydrogen-bond acceptors (Lipinski definition) is 3. The molecule has 0 spiro atoms. The average Bonchev–Trinajstić information content (AvgIpc) is 2.44. The maximum atomic E-state index is 12.1. The number of ether oxygens (including phenoxy) is 2. The normalized spacial score (nSPS) is 12.8. The SMILES string of the molecule is COc1ccc2ccc(O[C@H](C)C(=O)NC(C)(C)C)cc2c1. The lowest BCUT2D eigenvalue weighted by molar-refractivity contribution is -0.128. The van der Waals surface area contributed by atoms with Gasteiger partial charge in [-0.15, -0.1) is 0 Å². The van der Waals surface area contributed by atoms with Crippen LogP contribution in [0.3, 0.4) is 0 Å². The molecule has 0 saturated carbocycles. The van der Waals surface area contributed by atoms with Crippen molar-refractivity contribution >= 4 is 16.7 Å². The van der Waals surface area contributed by atoms with Crippen LogP contribution in [0.4, 0.5) is 0 Å². The van der Waals surface area contributed by atoms with E-state index in [1.807, 2.05) is 57.2 Å². The Balaban J connectivity index is 2.15. The fourth-order valence-electron chi connectivity index (χ4n) is 2.13. The van der Waals surface area contributed by atoms with Gasteiger partial charge >= 0.3 is 0 Å². The van der Waals surface area contributed by atoms with Crippen LogP contribution in [0.2, 0.25) is 0 Å². The molecule has 4 heteroatoms. The van der Waals surface area contributed by atoms with Crippen LogP contribution in [0.25, 0.3) is 10.8 Å². The van der Waals surface area contributed by atoms with E-state index in [2.05, 4.69) is 5.32 Å². The fourth-order valence-corrected chi connectivity index (χ4v) is 2.13. The third kappa shape index (κ3) is 4.13. The van der Waals surface area contributed by atoms with Crippen LogP contribution in [0.5, 0.6) is 11.5 Å². The summed E-state index contributed by atoms with van der Waals surface area (Å²) in [4.78, 5) is 12.1. The van der Waals surface area contributed by atoms with Gasteiger partial charge in [0.1, 0.15) is 11.5 Å². The molecule has 0 fully saturated rings. The average molecular weight is 301 g/mol. The summed E-state index contributed by atoms with van der Waals surface area (Å²) in [7, 11) is 1.64. The summed E-state index contributed by atoms with van der Waals surface area (Å²) < 4.78 is 11.0. The Hall–Kier alpha value is -2.23. The van der Waals surface area contributed by atoms with Crippen LogP contribution in [0.1, 0.15) is 27.7 Å². The number of carbonyl (C=O) groups is 1. The first-order chi connectivity index (χ1) is 10.3. The summed E-state index contributed by atoms with van der Waals surface area (Å²) in [5, 5.41) is 5.02. The first-order valence-electron chi connectivity index (χ1n) is 7.35. The van der Waals surface area contributed by atoms with Crippen molar-refractivity contribution in [3.8, 4) is 11.5 Å². The molecule has 0 bridgehead atoms. The van der Waals surface area contributed by atoms with Crippen molar-refractivity contribution in [2.75, 3.05) is 7.11 Å². The van der Waals surface area contributed by atoms with Crippen molar-refractivity contribution in [1.82, 2.24) is 5.32 Å². The van der Waals surface area contributed by atoms with Crippen molar-refractivity contribution in [2.45, 2.75) is 39.3 Å². The minimum atomic E-state index is -0.553. The Labute approximate surface area is 131 Å². The molecule has 0 radical (unpaired) electrons. The van der Waals surface area contributed by atoms with E-state index in [0.717, 1.165) is 16.5 Å². The summed E-state index contributed by atoms with van der Waals surface area (Å²) >= 11 is 0.